The predicted molar refractivity (Wildman–Crippen MR) is 149 cm³/mol. The molecule has 2 aromatic rings. The Bertz CT molecular complexity index is 1110. The van der Waals surface area contributed by atoms with E-state index in [0.29, 0.717) is 29.3 Å². The third-order valence-electron chi connectivity index (χ3n) is 6.72. The van der Waals surface area contributed by atoms with Gasteiger partial charge in [-0.15, -0.1) is 23.7 Å². The van der Waals surface area contributed by atoms with Crippen molar-refractivity contribution in [2.75, 3.05) is 39.5 Å². The largest absolute Gasteiger partial charge is 0.376 e. The highest BCUT2D eigenvalue weighted by Gasteiger charge is 2.37. The first-order valence-electron chi connectivity index (χ1n) is 12.2. The quantitative estimate of drug-likeness (QED) is 0.474. The van der Waals surface area contributed by atoms with Crippen LogP contribution < -0.4 is 16.0 Å². The number of amides is 3. The van der Waals surface area contributed by atoms with E-state index in [2.05, 4.69) is 32.9 Å². The molecule has 3 amide bonds. The van der Waals surface area contributed by atoms with Gasteiger partial charge in [0.2, 0.25) is 11.8 Å². The Morgan fingerprint density at radius 2 is 1.86 bits per heavy atom. The van der Waals surface area contributed by atoms with Crippen molar-refractivity contribution in [2.45, 2.75) is 44.3 Å². The molecule has 1 fully saturated rings. The van der Waals surface area contributed by atoms with E-state index < -0.39 is 0 Å². The highest BCUT2D eigenvalue weighted by molar-refractivity contribution is 7.13. The van der Waals surface area contributed by atoms with Crippen LogP contribution in [0.2, 0.25) is 5.02 Å². The predicted octanol–water partition coefficient (Wildman–Crippen LogP) is 2.79. The highest BCUT2D eigenvalue weighted by Crippen LogP contribution is 2.28. The van der Waals surface area contributed by atoms with E-state index in [1.165, 1.54) is 11.3 Å². The standard InChI is InChI=1S/C25H33ClN6O3S.ClH/c1-31(2)25(35)15-4-9-18(28-22(33)13-27-17-7-5-16(26)6-8-17)20(12-15)29-23(34)24-30-19-10-11-32(3)14-21(19)36-24;/h5-8,15,18,20,27H,4,9-14H2,1-3H3,(H,28,33)(H,29,34);1H. The van der Waals surface area contributed by atoms with Gasteiger partial charge >= 0.3 is 0 Å². The van der Waals surface area contributed by atoms with Gasteiger partial charge in [0.05, 0.1) is 18.3 Å². The molecule has 3 atom stereocenters. The number of hydrogen-bond acceptors (Lipinski definition) is 7. The number of fused-ring (bicyclic) bond motifs is 1. The van der Waals surface area contributed by atoms with Crippen molar-refractivity contribution in [2.24, 2.45) is 5.92 Å². The molecule has 3 N–H and O–H groups in total. The van der Waals surface area contributed by atoms with E-state index in [-0.39, 0.29) is 54.7 Å². The van der Waals surface area contributed by atoms with Gasteiger partial charge in [0.15, 0.2) is 5.01 Å². The molecule has 1 aliphatic heterocycles. The van der Waals surface area contributed by atoms with Crippen molar-refractivity contribution < 1.29 is 14.4 Å². The number of likely N-dealkylation sites (N-methyl/N-ethyl adjacent to an activating group) is 1. The summed E-state index contributed by atoms with van der Waals surface area (Å²) in [5.74, 6) is -0.599. The van der Waals surface area contributed by atoms with E-state index in [4.69, 9.17) is 11.6 Å². The Morgan fingerprint density at radius 1 is 1.14 bits per heavy atom. The van der Waals surface area contributed by atoms with Crippen LogP contribution in [0, 0.1) is 5.92 Å². The number of aromatic nitrogens is 1. The van der Waals surface area contributed by atoms with Crippen LogP contribution in [0.4, 0.5) is 5.69 Å². The summed E-state index contributed by atoms with van der Waals surface area (Å²) in [5, 5.41) is 10.3. The third-order valence-corrected chi connectivity index (χ3v) is 8.05. The summed E-state index contributed by atoms with van der Waals surface area (Å²) in [6.07, 6.45) is 2.54. The molecule has 0 radical (unpaired) electrons. The van der Waals surface area contributed by atoms with Crippen molar-refractivity contribution in [3.63, 3.8) is 0 Å². The van der Waals surface area contributed by atoms with Gasteiger partial charge in [0.1, 0.15) is 0 Å². The lowest BCUT2D eigenvalue weighted by molar-refractivity contribution is -0.134. The lowest BCUT2D eigenvalue weighted by Gasteiger charge is -2.37. The van der Waals surface area contributed by atoms with Gasteiger partial charge in [-0.1, -0.05) is 11.6 Å². The molecule has 2 heterocycles. The van der Waals surface area contributed by atoms with Gasteiger partial charge in [-0.2, -0.15) is 0 Å². The molecule has 37 heavy (non-hydrogen) atoms. The first-order chi connectivity index (χ1) is 17.2. The van der Waals surface area contributed by atoms with Crippen LogP contribution in [0.25, 0.3) is 0 Å². The number of nitrogens with zero attached hydrogens (tertiary/aromatic N) is 3. The Balaban J connectivity index is 0.00000380. The van der Waals surface area contributed by atoms with Crippen LogP contribution in [0.3, 0.4) is 0 Å². The van der Waals surface area contributed by atoms with Crippen molar-refractivity contribution in [3.05, 3.63) is 44.9 Å². The van der Waals surface area contributed by atoms with Gasteiger partial charge < -0.3 is 25.8 Å². The van der Waals surface area contributed by atoms with Gasteiger partial charge in [-0.05, 0) is 50.6 Å². The van der Waals surface area contributed by atoms with E-state index in [0.717, 1.165) is 35.8 Å². The molecule has 9 nitrogen and oxygen atoms in total. The summed E-state index contributed by atoms with van der Waals surface area (Å²) < 4.78 is 0. The molecule has 202 valence electrons. The number of thiazole rings is 1. The van der Waals surface area contributed by atoms with E-state index in [1.807, 2.05) is 12.1 Å². The van der Waals surface area contributed by atoms with Crippen LogP contribution in [-0.4, -0.2) is 78.8 Å². The average molecular weight is 570 g/mol. The molecular formula is C25H34Cl2N6O3S. The Labute approximate surface area is 232 Å². The first kappa shape index (κ1) is 29.2. The molecule has 0 spiro atoms. The van der Waals surface area contributed by atoms with Gasteiger partial charge in [-0.25, -0.2) is 4.98 Å². The lowest BCUT2D eigenvalue weighted by atomic mass is 9.81. The van der Waals surface area contributed by atoms with Crippen LogP contribution in [0.1, 0.15) is 39.6 Å². The number of halogens is 2. The maximum absolute atomic E-state index is 13.2. The van der Waals surface area contributed by atoms with E-state index in [1.54, 1.807) is 31.1 Å². The molecule has 4 rings (SSSR count). The normalized spacial score (nSPS) is 21.2. The van der Waals surface area contributed by atoms with Crippen LogP contribution in [0.5, 0.6) is 0 Å². The van der Waals surface area contributed by atoms with Crippen LogP contribution in [0.15, 0.2) is 24.3 Å². The second-order valence-corrected chi connectivity index (χ2v) is 11.3. The highest BCUT2D eigenvalue weighted by atomic mass is 35.5. The fourth-order valence-corrected chi connectivity index (χ4v) is 5.97. The first-order valence-corrected chi connectivity index (χ1v) is 13.4. The maximum atomic E-state index is 13.2. The summed E-state index contributed by atoms with van der Waals surface area (Å²) >= 11 is 7.34. The Kier molecular flexibility index (Phi) is 10.2. The smallest absolute Gasteiger partial charge is 0.280 e. The minimum atomic E-state index is -0.372. The molecule has 0 saturated heterocycles. The summed E-state index contributed by atoms with van der Waals surface area (Å²) in [4.78, 5) is 48.1. The van der Waals surface area contributed by atoms with Crippen molar-refractivity contribution in [1.29, 1.82) is 0 Å². The number of rotatable bonds is 7. The minimum absolute atomic E-state index is 0. The Hall–Kier alpha value is -2.40. The summed E-state index contributed by atoms with van der Waals surface area (Å²) in [5.41, 5.74) is 1.78. The number of anilines is 1. The van der Waals surface area contributed by atoms with Crippen molar-refractivity contribution in [1.82, 2.24) is 25.4 Å². The van der Waals surface area contributed by atoms with E-state index >= 15 is 0 Å². The fourth-order valence-electron chi connectivity index (χ4n) is 4.75. The molecule has 1 aromatic carbocycles. The zero-order chi connectivity index (χ0) is 25.8. The van der Waals surface area contributed by atoms with Gasteiger partial charge in [0.25, 0.3) is 5.91 Å². The lowest BCUT2D eigenvalue weighted by Crippen LogP contribution is -2.56. The molecule has 1 aromatic heterocycles. The number of hydrogen-bond donors (Lipinski definition) is 3. The van der Waals surface area contributed by atoms with Crippen LogP contribution >= 0.6 is 35.3 Å². The minimum Gasteiger partial charge on any atom is -0.376 e. The van der Waals surface area contributed by atoms with Gasteiger partial charge in [-0.3, -0.25) is 14.4 Å². The number of carbonyl (C=O) groups is 3. The summed E-state index contributed by atoms with van der Waals surface area (Å²) in [7, 11) is 5.54. The molecule has 2 aliphatic rings. The zero-order valence-electron chi connectivity index (χ0n) is 21.3. The van der Waals surface area contributed by atoms with E-state index in [9.17, 15) is 14.4 Å². The van der Waals surface area contributed by atoms with Crippen molar-refractivity contribution in [3.8, 4) is 0 Å². The maximum Gasteiger partial charge on any atom is 0.280 e. The van der Waals surface area contributed by atoms with Crippen molar-refractivity contribution >= 4 is 58.8 Å². The number of nitrogens with one attached hydrogen (secondary N) is 3. The second kappa shape index (κ2) is 12.9. The fraction of sp³-hybridized carbons (Fsp3) is 0.520. The van der Waals surface area contributed by atoms with Crippen LogP contribution in [-0.2, 0) is 22.6 Å². The molecule has 1 aliphatic carbocycles. The molecule has 12 heteroatoms. The van der Waals surface area contributed by atoms with Gasteiger partial charge in [0, 0.05) is 61.2 Å². The second-order valence-electron chi connectivity index (χ2n) is 9.73. The monoisotopic (exact) mass is 568 g/mol. The molecular weight excluding hydrogens is 535 g/mol. The summed E-state index contributed by atoms with van der Waals surface area (Å²) in [6.45, 7) is 1.81. The average Bonchev–Trinajstić information content (AvgIpc) is 3.27. The SMILES string of the molecule is CN1CCc2nc(C(=O)NC3CC(C(=O)N(C)C)CCC3NC(=O)CNc3ccc(Cl)cc3)sc2C1.Cl. The molecule has 0 bridgehead atoms. The molecule has 3 unspecified atom stereocenters. The third kappa shape index (κ3) is 7.56. The topological polar surface area (TPSA) is 107 Å². The molecule has 1 saturated carbocycles. The number of carbonyl (C=O) groups excluding carboxylic acids is 3. The zero-order valence-corrected chi connectivity index (χ0v) is 23.6. The summed E-state index contributed by atoms with van der Waals surface area (Å²) in [6, 6.07) is 6.48. The Morgan fingerprint density at radius 3 is 2.57 bits per heavy atom. The number of benzene rings is 1.